The first kappa shape index (κ1) is 13.2. The highest BCUT2D eigenvalue weighted by atomic mass is 35.5. The minimum atomic E-state index is -0.130. The molecule has 1 aromatic rings. The Morgan fingerprint density at radius 3 is 2.56 bits per heavy atom. The van der Waals surface area contributed by atoms with E-state index in [1.165, 1.54) is 0 Å². The smallest absolute Gasteiger partial charge is 0.297 e. The van der Waals surface area contributed by atoms with Crippen LogP contribution in [0.5, 0.6) is 0 Å². The monoisotopic (exact) mass is 242 g/mol. The number of hydrogen-bond donors (Lipinski definition) is 0. The van der Waals surface area contributed by atoms with Crippen molar-refractivity contribution < 1.29 is 0 Å². The van der Waals surface area contributed by atoms with Crippen molar-refractivity contribution in [2.24, 2.45) is 0 Å². The highest BCUT2D eigenvalue weighted by molar-refractivity contribution is 6.17. The molecule has 3 nitrogen and oxygen atoms in total. The predicted molar refractivity (Wildman–Crippen MR) is 67.2 cm³/mol. The van der Waals surface area contributed by atoms with Crippen molar-refractivity contribution in [3.8, 4) is 0 Å². The summed E-state index contributed by atoms with van der Waals surface area (Å²) in [5.41, 5.74) is 1.66. The van der Waals surface area contributed by atoms with Gasteiger partial charge in [0.05, 0.1) is 0 Å². The summed E-state index contributed by atoms with van der Waals surface area (Å²) in [7, 11) is 0. The first-order valence-corrected chi connectivity index (χ1v) is 6.29. The van der Waals surface area contributed by atoms with Crippen LogP contribution in [-0.2, 0) is 6.54 Å². The SMILES string of the molecule is Cc1cc(C)n(CCCCCCCl)c(=O)n1. The van der Waals surface area contributed by atoms with E-state index in [9.17, 15) is 4.79 Å². The summed E-state index contributed by atoms with van der Waals surface area (Å²) in [6.45, 7) is 4.56. The van der Waals surface area contributed by atoms with Gasteiger partial charge in [0.1, 0.15) is 0 Å². The standard InChI is InChI=1S/C12H19ClN2O/c1-10-9-11(2)15(12(16)14-10)8-6-4-3-5-7-13/h9H,3-8H2,1-2H3. The Balaban J connectivity index is 2.51. The van der Waals surface area contributed by atoms with Gasteiger partial charge in [0.2, 0.25) is 0 Å². The molecule has 0 atom stereocenters. The summed E-state index contributed by atoms with van der Waals surface area (Å²) in [5, 5.41) is 0. The van der Waals surface area contributed by atoms with Crippen LogP contribution in [0.3, 0.4) is 0 Å². The van der Waals surface area contributed by atoms with E-state index in [-0.39, 0.29) is 5.69 Å². The Bertz CT molecular complexity index is 387. The summed E-state index contributed by atoms with van der Waals surface area (Å²) in [5.74, 6) is 0.727. The average molecular weight is 243 g/mol. The number of aromatic nitrogens is 2. The molecule has 1 heterocycles. The summed E-state index contributed by atoms with van der Waals surface area (Å²) in [4.78, 5) is 15.5. The van der Waals surface area contributed by atoms with Gasteiger partial charge < -0.3 is 0 Å². The molecule has 0 aromatic carbocycles. The molecule has 0 aliphatic rings. The molecule has 0 unspecified atom stereocenters. The van der Waals surface area contributed by atoms with Crippen molar-refractivity contribution in [2.75, 3.05) is 5.88 Å². The van der Waals surface area contributed by atoms with E-state index in [4.69, 9.17) is 11.6 Å². The van der Waals surface area contributed by atoms with Crippen LogP contribution < -0.4 is 5.69 Å². The number of halogens is 1. The van der Waals surface area contributed by atoms with Crippen molar-refractivity contribution in [3.05, 3.63) is 27.9 Å². The van der Waals surface area contributed by atoms with Gasteiger partial charge >= 0.3 is 5.69 Å². The number of alkyl halides is 1. The number of nitrogens with zero attached hydrogens (tertiary/aromatic N) is 2. The van der Waals surface area contributed by atoms with Gasteiger partial charge in [0.15, 0.2) is 0 Å². The lowest BCUT2D eigenvalue weighted by atomic mass is 10.2. The van der Waals surface area contributed by atoms with E-state index >= 15 is 0 Å². The number of aryl methyl sites for hydroxylation is 2. The van der Waals surface area contributed by atoms with Gasteiger partial charge in [0, 0.05) is 23.8 Å². The van der Waals surface area contributed by atoms with Gasteiger partial charge in [-0.2, -0.15) is 4.98 Å². The third kappa shape index (κ3) is 3.97. The van der Waals surface area contributed by atoms with Gasteiger partial charge in [-0.1, -0.05) is 12.8 Å². The van der Waals surface area contributed by atoms with Crippen LogP contribution in [0.2, 0.25) is 0 Å². The van der Waals surface area contributed by atoms with Gasteiger partial charge in [-0.25, -0.2) is 4.79 Å². The zero-order valence-corrected chi connectivity index (χ0v) is 10.8. The average Bonchev–Trinajstić information content (AvgIpc) is 2.20. The minimum absolute atomic E-state index is 0.130. The van der Waals surface area contributed by atoms with Gasteiger partial charge in [0.25, 0.3) is 0 Å². The van der Waals surface area contributed by atoms with Crippen molar-refractivity contribution in [1.29, 1.82) is 0 Å². The Kier molecular flexibility index (Phi) is 5.53. The lowest BCUT2D eigenvalue weighted by molar-refractivity contribution is 0.551. The molecule has 0 saturated heterocycles. The van der Waals surface area contributed by atoms with Crippen molar-refractivity contribution in [3.63, 3.8) is 0 Å². The molecule has 1 aromatic heterocycles. The van der Waals surface area contributed by atoms with Gasteiger partial charge in [-0.05, 0) is 32.8 Å². The van der Waals surface area contributed by atoms with Crippen molar-refractivity contribution in [1.82, 2.24) is 9.55 Å². The zero-order valence-electron chi connectivity index (χ0n) is 10.0. The van der Waals surface area contributed by atoms with Crippen LogP contribution in [0.4, 0.5) is 0 Å². The van der Waals surface area contributed by atoms with Crippen molar-refractivity contribution in [2.45, 2.75) is 46.1 Å². The number of rotatable bonds is 6. The fourth-order valence-electron chi connectivity index (χ4n) is 1.76. The van der Waals surface area contributed by atoms with E-state index in [0.717, 1.165) is 49.5 Å². The summed E-state index contributed by atoms with van der Waals surface area (Å²) < 4.78 is 1.74. The molecule has 90 valence electrons. The Labute approximate surface area is 101 Å². The normalized spacial score (nSPS) is 10.7. The predicted octanol–water partition coefficient (Wildman–Crippen LogP) is 2.66. The van der Waals surface area contributed by atoms with Crippen LogP contribution in [0, 0.1) is 13.8 Å². The molecule has 0 aliphatic carbocycles. The molecule has 0 fully saturated rings. The Morgan fingerprint density at radius 2 is 1.94 bits per heavy atom. The number of unbranched alkanes of at least 4 members (excludes halogenated alkanes) is 3. The molecule has 0 N–H and O–H groups in total. The van der Waals surface area contributed by atoms with Crippen LogP contribution >= 0.6 is 11.6 Å². The Morgan fingerprint density at radius 1 is 1.25 bits per heavy atom. The fourth-order valence-corrected chi connectivity index (χ4v) is 1.95. The second-order valence-electron chi connectivity index (χ2n) is 4.08. The maximum atomic E-state index is 11.6. The quantitative estimate of drug-likeness (QED) is 0.568. The van der Waals surface area contributed by atoms with Crippen molar-refractivity contribution >= 4 is 11.6 Å². The maximum absolute atomic E-state index is 11.6. The summed E-state index contributed by atoms with van der Waals surface area (Å²) in [6, 6.07) is 1.94. The molecular weight excluding hydrogens is 224 g/mol. The van der Waals surface area contributed by atoms with Gasteiger partial charge in [-0.15, -0.1) is 11.6 Å². The number of hydrogen-bond acceptors (Lipinski definition) is 2. The highest BCUT2D eigenvalue weighted by Crippen LogP contribution is 2.04. The third-order valence-electron chi connectivity index (χ3n) is 2.61. The first-order chi connectivity index (χ1) is 7.65. The van der Waals surface area contributed by atoms with E-state index in [2.05, 4.69) is 4.98 Å². The molecular formula is C12H19ClN2O. The lowest BCUT2D eigenvalue weighted by Gasteiger charge is -2.09. The topological polar surface area (TPSA) is 34.9 Å². The largest absolute Gasteiger partial charge is 0.347 e. The van der Waals surface area contributed by atoms with E-state index in [1.807, 2.05) is 19.9 Å². The second kappa shape index (κ2) is 6.69. The van der Waals surface area contributed by atoms with E-state index < -0.39 is 0 Å². The summed E-state index contributed by atoms with van der Waals surface area (Å²) in [6.07, 6.45) is 4.33. The Hall–Kier alpha value is -0.830. The molecule has 0 amide bonds. The van der Waals surface area contributed by atoms with Crippen LogP contribution in [-0.4, -0.2) is 15.4 Å². The minimum Gasteiger partial charge on any atom is -0.297 e. The maximum Gasteiger partial charge on any atom is 0.347 e. The van der Waals surface area contributed by atoms with Crippen LogP contribution in [0.25, 0.3) is 0 Å². The molecule has 0 spiro atoms. The molecule has 0 bridgehead atoms. The van der Waals surface area contributed by atoms with Gasteiger partial charge in [-0.3, -0.25) is 4.57 Å². The first-order valence-electron chi connectivity index (χ1n) is 5.76. The van der Waals surface area contributed by atoms with E-state index in [0.29, 0.717) is 0 Å². The molecule has 1 rings (SSSR count). The third-order valence-corrected chi connectivity index (χ3v) is 2.88. The lowest BCUT2D eigenvalue weighted by Crippen LogP contribution is -2.25. The zero-order chi connectivity index (χ0) is 12.0. The molecule has 0 radical (unpaired) electrons. The molecule has 4 heteroatoms. The van der Waals surface area contributed by atoms with Crippen LogP contribution in [0.15, 0.2) is 10.9 Å². The van der Waals surface area contributed by atoms with E-state index in [1.54, 1.807) is 4.57 Å². The molecule has 0 aliphatic heterocycles. The second-order valence-corrected chi connectivity index (χ2v) is 4.45. The highest BCUT2D eigenvalue weighted by Gasteiger charge is 2.02. The fraction of sp³-hybridized carbons (Fsp3) is 0.667. The van der Waals surface area contributed by atoms with Crippen LogP contribution in [0.1, 0.15) is 37.1 Å². The molecule has 16 heavy (non-hydrogen) atoms. The summed E-state index contributed by atoms with van der Waals surface area (Å²) >= 11 is 5.60. The molecule has 0 saturated carbocycles.